The summed E-state index contributed by atoms with van der Waals surface area (Å²) in [6.45, 7) is 5.99. The van der Waals surface area contributed by atoms with Gasteiger partial charge in [0, 0.05) is 0 Å². The molecule has 0 bridgehead atoms. The van der Waals surface area contributed by atoms with E-state index >= 15 is 0 Å². The number of nitrogens with zero attached hydrogens (tertiary/aromatic N) is 1. The van der Waals surface area contributed by atoms with Crippen molar-refractivity contribution in [1.82, 2.24) is 10.3 Å². The predicted molar refractivity (Wildman–Crippen MR) is 77.9 cm³/mol. The van der Waals surface area contributed by atoms with Crippen LogP contribution in [-0.2, 0) is 10.3 Å². The zero-order valence-electron chi connectivity index (χ0n) is 11.6. The average Bonchev–Trinajstić information content (AvgIpc) is 2.80. The maximum Gasteiger partial charge on any atom is 0.143 e. The van der Waals surface area contributed by atoms with Crippen molar-refractivity contribution in [3.05, 3.63) is 23.2 Å². The average molecular weight is 278 g/mol. The molecule has 0 amide bonds. The maximum absolute atomic E-state index is 11.1. The fourth-order valence-corrected chi connectivity index (χ4v) is 2.79. The molecular formula is C14H18N2O2S. The number of ketones is 1. The highest BCUT2D eigenvalue weighted by Gasteiger charge is 2.24. The second-order valence-electron chi connectivity index (χ2n) is 5.03. The van der Waals surface area contributed by atoms with Gasteiger partial charge in [-0.1, -0.05) is 0 Å². The third kappa shape index (κ3) is 3.11. The number of hydrogen-bond donors (Lipinski definition) is 1. The van der Waals surface area contributed by atoms with E-state index in [1.54, 1.807) is 25.4 Å². The van der Waals surface area contributed by atoms with Gasteiger partial charge >= 0.3 is 0 Å². The van der Waals surface area contributed by atoms with Crippen molar-refractivity contribution < 1.29 is 9.53 Å². The summed E-state index contributed by atoms with van der Waals surface area (Å²) in [6, 6.07) is 5.84. The summed E-state index contributed by atoms with van der Waals surface area (Å²) in [5.74, 6) is 0.952. The van der Waals surface area contributed by atoms with Crippen molar-refractivity contribution in [2.75, 3.05) is 13.7 Å². The monoisotopic (exact) mass is 278 g/mol. The fourth-order valence-electron chi connectivity index (χ4n) is 1.72. The zero-order valence-corrected chi connectivity index (χ0v) is 12.4. The molecule has 0 aliphatic heterocycles. The van der Waals surface area contributed by atoms with Crippen molar-refractivity contribution in [3.63, 3.8) is 0 Å². The number of hydrogen-bond acceptors (Lipinski definition) is 5. The van der Waals surface area contributed by atoms with Crippen molar-refractivity contribution in [2.45, 2.75) is 26.3 Å². The molecule has 1 N–H and O–H groups in total. The molecule has 2 aromatic rings. The Morgan fingerprint density at radius 3 is 2.84 bits per heavy atom. The lowest BCUT2D eigenvalue weighted by Crippen LogP contribution is -2.39. The number of carbonyl (C=O) groups is 1. The van der Waals surface area contributed by atoms with Crippen LogP contribution < -0.4 is 10.1 Å². The molecule has 0 atom stereocenters. The van der Waals surface area contributed by atoms with E-state index in [0.717, 1.165) is 21.0 Å². The lowest BCUT2D eigenvalue weighted by molar-refractivity contribution is -0.116. The Labute approximate surface area is 116 Å². The maximum atomic E-state index is 11.1. The van der Waals surface area contributed by atoms with Crippen molar-refractivity contribution >= 4 is 27.3 Å². The van der Waals surface area contributed by atoms with Crippen LogP contribution in [0.4, 0.5) is 0 Å². The molecule has 0 spiro atoms. The first-order valence-electron chi connectivity index (χ1n) is 6.12. The van der Waals surface area contributed by atoms with Crippen LogP contribution in [0, 0.1) is 0 Å². The number of methoxy groups -OCH3 is 1. The quantitative estimate of drug-likeness (QED) is 0.913. The molecule has 0 saturated heterocycles. The van der Waals surface area contributed by atoms with Crippen molar-refractivity contribution in [2.24, 2.45) is 0 Å². The third-order valence-corrected chi connectivity index (χ3v) is 4.25. The Morgan fingerprint density at radius 1 is 1.47 bits per heavy atom. The first-order chi connectivity index (χ1) is 8.92. The molecule has 0 aliphatic rings. The Morgan fingerprint density at radius 2 is 2.21 bits per heavy atom. The molecule has 2 rings (SSSR count). The van der Waals surface area contributed by atoms with Gasteiger partial charge < -0.3 is 4.74 Å². The number of carbonyl (C=O) groups excluding carboxylic acids is 1. The van der Waals surface area contributed by atoms with Crippen LogP contribution in [0.15, 0.2) is 18.2 Å². The molecule has 0 unspecified atom stereocenters. The van der Waals surface area contributed by atoms with Crippen LogP contribution in [0.2, 0.25) is 0 Å². The van der Waals surface area contributed by atoms with Gasteiger partial charge in [-0.15, -0.1) is 11.3 Å². The largest absolute Gasteiger partial charge is 0.497 e. The van der Waals surface area contributed by atoms with E-state index in [0.29, 0.717) is 6.54 Å². The van der Waals surface area contributed by atoms with E-state index in [1.165, 1.54) is 0 Å². The second-order valence-corrected chi connectivity index (χ2v) is 6.06. The molecule has 4 nitrogen and oxygen atoms in total. The van der Waals surface area contributed by atoms with Gasteiger partial charge in [-0.25, -0.2) is 4.98 Å². The van der Waals surface area contributed by atoms with E-state index in [-0.39, 0.29) is 11.3 Å². The smallest absolute Gasteiger partial charge is 0.143 e. The molecule has 0 fully saturated rings. The lowest BCUT2D eigenvalue weighted by Gasteiger charge is -2.22. The van der Waals surface area contributed by atoms with Crippen molar-refractivity contribution in [3.8, 4) is 5.75 Å². The third-order valence-electron chi connectivity index (χ3n) is 2.91. The number of thiazole rings is 1. The zero-order chi connectivity index (χ0) is 14.0. The number of rotatable bonds is 5. The summed E-state index contributed by atoms with van der Waals surface area (Å²) in [6.07, 6.45) is 0. The van der Waals surface area contributed by atoms with E-state index in [1.807, 2.05) is 32.0 Å². The summed E-state index contributed by atoms with van der Waals surface area (Å²) < 4.78 is 6.30. The van der Waals surface area contributed by atoms with Gasteiger partial charge in [0.05, 0.1) is 29.4 Å². The van der Waals surface area contributed by atoms with E-state index in [2.05, 4.69) is 10.3 Å². The van der Waals surface area contributed by atoms with Gasteiger partial charge in [0.2, 0.25) is 0 Å². The van der Waals surface area contributed by atoms with Gasteiger partial charge in [-0.05, 0) is 39.0 Å². The van der Waals surface area contributed by atoms with E-state index in [4.69, 9.17) is 4.74 Å². The number of Topliss-reactive ketones (excluding diaryl/α,β-unsaturated/α-hetero) is 1. The number of ether oxygens (including phenoxy) is 1. The molecule has 1 heterocycles. The Kier molecular flexibility index (Phi) is 3.87. The molecule has 1 aromatic heterocycles. The summed E-state index contributed by atoms with van der Waals surface area (Å²) >= 11 is 1.62. The number of nitrogens with one attached hydrogen (secondary N) is 1. The van der Waals surface area contributed by atoms with Gasteiger partial charge in [0.25, 0.3) is 0 Å². The lowest BCUT2D eigenvalue weighted by atomic mass is 10.1. The highest BCUT2D eigenvalue weighted by atomic mass is 32.1. The van der Waals surface area contributed by atoms with Crippen LogP contribution in [0.5, 0.6) is 5.75 Å². The minimum absolute atomic E-state index is 0.121. The highest BCUT2D eigenvalue weighted by Crippen LogP contribution is 2.31. The number of aromatic nitrogens is 1. The van der Waals surface area contributed by atoms with Crippen molar-refractivity contribution in [1.29, 1.82) is 0 Å². The summed E-state index contributed by atoms with van der Waals surface area (Å²) in [7, 11) is 1.65. The topological polar surface area (TPSA) is 51.2 Å². The molecule has 5 heteroatoms. The van der Waals surface area contributed by atoms with Crippen LogP contribution in [-0.4, -0.2) is 24.4 Å². The SMILES string of the molecule is COc1ccc2nc(C(C)(C)NCC(C)=O)sc2c1. The van der Waals surface area contributed by atoms with Crippen LogP contribution >= 0.6 is 11.3 Å². The van der Waals surface area contributed by atoms with Gasteiger partial charge in [0.15, 0.2) is 0 Å². The minimum Gasteiger partial charge on any atom is -0.497 e. The highest BCUT2D eigenvalue weighted by molar-refractivity contribution is 7.18. The van der Waals surface area contributed by atoms with Gasteiger partial charge in [-0.3, -0.25) is 10.1 Å². The van der Waals surface area contributed by atoms with E-state index < -0.39 is 0 Å². The Balaban J connectivity index is 2.31. The number of fused-ring (bicyclic) bond motifs is 1. The molecule has 0 radical (unpaired) electrons. The van der Waals surface area contributed by atoms with Gasteiger partial charge in [0.1, 0.15) is 16.5 Å². The summed E-state index contributed by atoms with van der Waals surface area (Å²) in [4.78, 5) is 15.7. The first-order valence-corrected chi connectivity index (χ1v) is 6.93. The molecule has 19 heavy (non-hydrogen) atoms. The molecular weight excluding hydrogens is 260 g/mol. The minimum atomic E-state index is -0.317. The molecule has 1 aromatic carbocycles. The van der Waals surface area contributed by atoms with Crippen LogP contribution in [0.25, 0.3) is 10.2 Å². The molecule has 0 aliphatic carbocycles. The normalized spacial score (nSPS) is 11.8. The fraction of sp³-hybridized carbons (Fsp3) is 0.429. The Hall–Kier alpha value is -1.46. The van der Waals surface area contributed by atoms with Crippen LogP contribution in [0.3, 0.4) is 0 Å². The predicted octanol–water partition coefficient (Wildman–Crippen LogP) is 2.72. The van der Waals surface area contributed by atoms with Gasteiger partial charge in [-0.2, -0.15) is 0 Å². The molecule has 0 saturated carbocycles. The summed E-state index contributed by atoms with van der Waals surface area (Å²) in [5.41, 5.74) is 0.640. The standard InChI is InChI=1S/C14H18N2O2S/c1-9(17)8-15-14(2,3)13-16-11-6-5-10(18-4)7-12(11)19-13/h5-7,15H,8H2,1-4H3. The molecule has 102 valence electrons. The first kappa shape index (κ1) is 14.0. The van der Waals surface area contributed by atoms with E-state index in [9.17, 15) is 4.79 Å². The van der Waals surface area contributed by atoms with Crippen LogP contribution in [0.1, 0.15) is 25.8 Å². The summed E-state index contributed by atoms with van der Waals surface area (Å²) in [5, 5.41) is 4.20. The Bertz CT molecular complexity index is 605. The number of benzene rings is 1. The second kappa shape index (κ2) is 5.27.